The molecule has 158 valence electrons. The number of hydrogen-bond acceptors (Lipinski definition) is 5. The van der Waals surface area contributed by atoms with E-state index in [9.17, 15) is 5.26 Å². The van der Waals surface area contributed by atoms with Crippen LogP contribution in [0, 0.1) is 22.7 Å². The first-order chi connectivity index (χ1) is 15.2. The van der Waals surface area contributed by atoms with Gasteiger partial charge >= 0.3 is 0 Å². The second-order valence-corrected chi connectivity index (χ2v) is 9.36. The van der Waals surface area contributed by atoms with Crippen LogP contribution in [0.15, 0.2) is 54.6 Å². The highest BCUT2D eigenvalue weighted by atomic mass is 15.4. The first-order valence-corrected chi connectivity index (χ1v) is 11.4. The van der Waals surface area contributed by atoms with Crippen molar-refractivity contribution in [2.75, 3.05) is 31.1 Å². The summed E-state index contributed by atoms with van der Waals surface area (Å²) in [5.41, 5.74) is 3.26. The molecule has 0 bridgehead atoms. The predicted molar refractivity (Wildman–Crippen MR) is 122 cm³/mol. The van der Waals surface area contributed by atoms with E-state index in [0.717, 1.165) is 44.7 Å². The molecule has 2 heterocycles. The van der Waals surface area contributed by atoms with Crippen LogP contribution in [-0.4, -0.2) is 48.7 Å². The van der Waals surface area contributed by atoms with Crippen molar-refractivity contribution in [3.63, 3.8) is 0 Å². The Morgan fingerprint density at radius 2 is 1.68 bits per heavy atom. The van der Waals surface area contributed by atoms with Crippen molar-refractivity contribution in [3.8, 4) is 12.1 Å². The van der Waals surface area contributed by atoms with Crippen LogP contribution in [0.4, 0.5) is 5.69 Å². The summed E-state index contributed by atoms with van der Waals surface area (Å²) >= 11 is 0. The number of nitriles is 2. The summed E-state index contributed by atoms with van der Waals surface area (Å²) in [6.07, 6.45) is 4.14. The van der Waals surface area contributed by atoms with Gasteiger partial charge in [-0.3, -0.25) is 4.90 Å². The molecule has 2 aromatic carbocycles. The third kappa shape index (κ3) is 4.04. The minimum Gasteiger partial charge on any atom is -0.368 e. The van der Waals surface area contributed by atoms with Gasteiger partial charge in [0.15, 0.2) is 0 Å². The molecule has 1 saturated carbocycles. The lowest BCUT2D eigenvalue weighted by molar-refractivity contribution is 0.0357. The number of rotatable bonds is 6. The number of likely N-dealkylation sites (tertiary alicyclic amines) is 1. The zero-order chi connectivity index (χ0) is 21.3. The van der Waals surface area contributed by atoms with Crippen LogP contribution in [0.25, 0.3) is 0 Å². The van der Waals surface area contributed by atoms with Gasteiger partial charge in [-0.1, -0.05) is 30.3 Å². The van der Waals surface area contributed by atoms with Gasteiger partial charge < -0.3 is 10.2 Å². The largest absolute Gasteiger partial charge is 0.368 e. The molecular weight excluding hydrogens is 382 g/mol. The molecule has 2 atom stereocenters. The molecular formula is C26H29N5. The van der Waals surface area contributed by atoms with E-state index in [0.29, 0.717) is 30.0 Å². The van der Waals surface area contributed by atoms with Crippen molar-refractivity contribution in [1.29, 1.82) is 10.5 Å². The first kappa shape index (κ1) is 20.1. The molecule has 2 aromatic rings. The van der Waals surface area contributed by atoms with Crippen molar-refractivity contribution >= 4 is 5.69 Å². The quantitative estimate of drug-likeness (QED) is 0.786. The van der Waals surface area contributed by atoms with Crippen molar-refractivity contribution in [2.24, 2.45) is 0 Å². The van der Waals surface area contributed by atoms with E-state index >= 15 is 0 Å². The predicted octanol–water partition coefficient (Wildman–Crippen LogP) is 3.64. The Morgan fingerprint density at radius 3 is 2.32 bits per heavy atom. The normalized spacial score (nSPS) is 25.3. The lowest BCUT2D eigenvalue weighted by atomic mass is 9.82. The van der Waals surface area contributed by atoms with Crippen LogP contribution in [0.1, 0.15) is 42.7 Å². The minimum atomic E-state index is -0.0280. The Labute approximate surface area is 184 Å². The molecule has 5 rings (SSSR count). The molecule has 2 aliphatic heterocycles. The van der Waals surface area contributed by atoms with E-state index < -0.39 is 0 Å². The lowest BCUT2D eigenvalue weighted by Crippen LogP contribution is -2.71. The maximum atomic E-state index is 9.50. The molecule has 0 spiro atoms. The molecule has 3 aliphatic rings. The zero-order valence-corrected chi connectivity index (χ0v) is 17.9. The fraction of sp³-hybridized carbons (Fsp3) is 0.462. The van der Waals surface area contributed by atoms with E-state index in [4.69, 9.17) is 5.26 Å². The Bertz CT molecular complexity index is 973. The van der Waals surface area contributed by atoms with Gasteiger partial charge in [-0.25, -0.2) is 0 Å². The Hall–Kier alpha value is -2.86. The molecule has 31 heavy (non-hydrogen) atoms. The minimum absolute atomic E-state index is 0.0280. The van der Waals surface area contributed by atoms with Crippen molar-refractivity contribution in [2.45, 2.75) is 49.2 Å². The third-order valence-electron chi connectivity index (χ3n) is 7.37. The topological polar surface area (TPSA) is 66.1 Å². The van der Waals surface area contributed by atoms with Gasteiger partial charge in [0.25, 0.3) is 0 Å². The first-order valence-electron chi connectivity index (χ1n) is 11.4. The van der Waals surface area contributed by atoms with Gasteiger partial charge in [0.1, 0.15) is 0 Å². The van der Waals surface area contributed by atoms with E-state index in [1.807, 2.05) is 24.3 Å². The summed E-state index contributed by atoms with van der Waals surface area (Å²) in [7, 11) is 0. The summed E-state index contributed by atoms with van der Waals surface area (Å²) < 4.78 is 0. The van der Waals surface area contributed by atoms with E-state index in [-0.39, 0.29) is 5.54 Å². The summed E-state index contributed by atoms with van der Waals surface area (Å²) in [6, 6.07) is 24.5. The second-order valence-electron chi connectivity index (χ2n) is 9.36. The van der Waals surface area contributed by atoms with Crippen LogP contribution in [0.5, 0.6) is 0 Å². The average Bonchev–Trinajstić information content (AvgIpc) is 3.56. The van der Waals surface area contributed by atoms with Gasteiger partial charge in [-0.05, 0) is 49.1 Å². The third-order valence-corrected chi connectivity index (χ3v) is 7.37. The number of anilines is 1. The van der Waals surface area contributed by atoms with Crippen LogP contribution in [0.3, 0.4) is 0 Å². The highest BCUT2D eigenvalue weighted by Crippen LogP contribution is 2.42. The lowest BCUT2D eigenvalue weighted by Gasteiger charge is -2.57. The van der Waals surface area contributed by atoms with Crippen LogP contribution >= 0.6 is 0 Å². The number of benzene rings is 2. The number of nitrogens with zero attached hydrogens (tertiary/aromatic N) is 4. The number of hydrogen-bond donors (Lipinski definition) is 1. The molecule has 2 unspecified atom stereocenters. The maximum Gasteiger partial charge on any atom is 0.0991 e. The smallest absolute Gasteiger partial charge is 0.0991 e. The fourth-order valence-electron chi connectivity index (χ4n) is 5.44. The SMILES string of the molecule is N#CCC1(N2CCC(NC3CC3c3ccccc3)CC2)CN(c2ccc(C#N)cc2)C1. The van der Waals surface area contributed by atoms with E-state index in [1.54, 1.807) is 0 Å². The zero-order valence-electron chi connectivity index (χ0n) is 17.9. The van der Waals surface area contributed by atoms with Gasteiger partial charge in [0.2, 0.25) is 0 Å². The van der Waals surface area contributed by atoms with Crippen LogP contribution < -0.4 is 10.2 Å². The average molecular weight is 412 g/mol. The number of nitrogens with one attached hydrogen (secondary N) is 1. The molecule has 5 nitrogen and oxygen atoms in total. The summed E-state index contributed by atoms with van der Waals surface area (Å²) in [6.45, 7) is 3.90. The van der Waals surface area contributed by atoms with Gasteiger partial charge in [-0.15, -0.1) is 0 Å². The van der Waals surface area contributed by atoms with Crippen molar-refractivity contribution in [1.82, 2.24) is 10.2 Å². The van der Waals surface area contributed by atoms with Crippen LogP contribution in [-0.2, 0) is 0 Å². The summed E-state index contributed by atoms with van der Waals surface area (Å²) in [5.74, 6) is 0.678. The van der Waals surface area contributed by atoms with Crippen molar-refractivity contribution in [3.05, 3.63) is 65.7 Å². The standard InChI is InChI=1S/C26H29N5/c27-13-12-26(18-30(19-26)23-8-6-20(17-28)7-9-23)31-14-10-22(11-15-31)29-25-16-24(25)21-4-2-1-3-5-21/h1-9,22,24-25,29H,10-12,14-16,18-19H2. The molecule has 0 aromatic heterocycles. The summed E-state index contributed by atoms with van der Waals surface area (Å²) in [4.78, 5) is 4.90. The fourth-order valence-corrected chi connectivity index (χ4v) is 5.44. The molecule has 2 saturated heterocycles. The highest BCUT2D eigenvalue weighted by Gasteiger charge is 2.49. The van der Waals surface area contributed by atoms with Gasteiger partial charge in [-0.2, -0.15) is 10.5 Å². The van der Waals surface area contributed by atoms with Crippen molar-refractivity contribution < 1.29 is 0 Å². The Morgan fingerprint density at radius 1 is 0.968 bits per heavy atom. The molecule has 0 radical (unpaired) electrons. The van der Waals surface area contributed by atoms with Gasteiger partial charge in [0, 0.05) is 49.9 Å². The maximum absolute atomic E-state index is 9.50. The molecule has 0 amide bonds. The molecule has 3 fully saturated rings. The second kappa shape index (κ2) is 8.35. The Balaban J connectivity index is 1.14. The monoisotopic (exact) mass is 411 g/mol. The van der Waals surface area contributed by atoms with E-state index in [2.05, 4.69) is 57.6 Å². The molecule has 1 aliphatic carbocycles. The van der Waals surface area contributed by atoms with Crippen LogP contribution in [0.2, 0.25) is 0 Å². The highest BCUT2D eigenvalue weighted by molar-refractivity contribution is 5.53. The van der Waals surface area contributed by atoms with E-state index in [1.165, 1.54) is 12.0 Å². The Kier molecular flexibility index (Phi) is 5.40. The molecule has 1 N–H and O–H groups in total. The summed E-state index contributed by atoms with van der Waals surface area (Å²) in [5, 5.41) is 22.4. The number of piperidine rings is 1. The molecule has 5 heteroatoms. The van der Waals surface area contributed by atoms with Gasteiger partial charge in [0.05, 0.1) is 29.7 Å².